The third kappa shape index (κ3) is 10.3. The van der Waals surface area contributed by atoms with Gasteiger partial charge in [0.15, 0.2) is 0 Å². The van der Waals surface area contributed by atoms with E-state index in [1.165, 1.54) is 18.2 Å². The van der Waals surface area contributed by atoms with Crippen molar-refractivity contribution >= 4 is 45.3 Å². The summed E-state index contributed by atoms with van der Waals surface area (Å²) < 4.78 is 50.5. The third-order valence-electron chi connectivity index (χ3n) is 7.79. The number of rotatable bonds is 8. The molecule has 274 valence electrons. The minimum atomic E-state index is -4.84. The Hall–Kier alpha value is -5.09. The number of aromatic nitrogens is 1. The predicted octanol–water partition coefficient (Wildman–Crippen LogP) is 10.9. The van der Waals surface area contributed by atoms with Crippen LogP contribution >= 0.6 is 11.6 Å². The molecule has 0 aliphatic carbocycles. The molecule has 0 unspecified atom stereocenters. The Morgan fingerprint density at radius 2 is 1.37 bits per heavy atom. The second-order valence-corrected chi connectivity index (χ2v) is 14.5. The maximum atomic E-state index is 13.6. The highest BCUT2D eigenvalue weighted by molar-refractivity contribution is 6.64. The third-order valence-corrected chi connectivity index (χ3v) is 8.36. The van der Waals surface area contributed by atoms with Crippen LogP contribution in [0, 0.1) is 10.8 Å². The highest BCUT2D eigenvalue weighted by Gasteiger charge is 2.31. The Kier molecular flexibility index (Phi) is 12.3. The summed E-state index contributed by atoms with van der Waals surface area (Å²) >= 11 is 5.11. The van der Waals surface area contributed by atoms with Gasteiger partial charge in [0.1, 0.15) is 11.4 Å². The van der Waals surface area contributed by atoms with Crippen LogP contribution < -0.4 is 10.1 Å². The Morgan fingerprint density at radius 3 is 1.96 bits per heavy atom. The van der Waals surface area contributed by atoms with Crippen LogP contribution in [0.2, 0.25) is 0 Å². The van der Waals surface area contributed by atoms with Crippen molar-refractivity contribution in [1.29, 1.82) is 0 Å². The van der Waals surface area contributed by atoms with Gasteiger partial charge in [-0.15, -0.1) is 13.2 Å². The number of anilines is 1. The van der Waals surface area contributed by atoms with E-state index in [-0.39, 0.29) is 41.2 Å². The first-order chi connectivity index (χ1) is 24.3. The molecule has 1 aromatic heterocycles. The lowest BCUT2D eigenvalue weighted by Gasteiger charge is -2.18. The highest BCUT2D eigenvalue weighted by Crippen LogP contribution is 2.39. The van der Waals surface area contributed by atoms with Gasteiger partial charge >= 0.3 is 12.3 Å². The van der Waals surface area contributed by atoms with Gasteiger partial charge in [-0.2, -0.15) is 0 Å². The smallest absolute Gasteiger partial charge is 0.461 e. The first-order valence-electron chi connectivity index (χ1n) is 16.6. The number of carbonyl (C=O) groups excluding carboxylic acids is 3. The summed E-state index contributed by atoms with van der Waals surface area (Å²) in [5.41, 5.74) is 4.24. The molecule has 11 heteroatoms. The van der Waals surface area contributed by atoms with E-state index in [0.29, 0.717) is 22.3 Å². The Bertz CT molecular complexity index is 2060. The zero-order valence-electron chi connectivity index (χ0n) is 30.2. The van der Waals surface area contributed by atoms with E-state index in [0.717, 1.165) is 22.1 Å². The molecule has 5 aromatic rings. The molecule has 1 heterocycles. The first kappa shape index (κ1) is 39.7. The normalized spacial score (nSPS) is 11.8. The number of alkyl halides is 3. The van der Waals surface area contributed by atoms with Gasteiger partial charge < -0.3 is 19.4 Å². The lowest BCUT2D eigenvalue weighted by Crippen LogP contribution is -2.27. The van der Waals surface area contributed by atoms with Crippen LogP contribution in [0.3, 0.4) is 0 Å². The van der Waals surface area contributed by atoms with Gasteiger partial charge in [0.2, 0.25) is 11.1 Å². The molecule has 0 spiro atoms. The van der Waals surface area contributed by atoms with Crippen molar-refractivity contribution in [2.75, 3.05) is 11.9 Å². The Morgan fingerprint density at radius 1 is 0.750 bits per heavy atom. The Balaban J connectivity index is 0.000000785. The van der Waals surface area contributed by atoms with Gasteiger partial charge in [-0.3, -0.25) is 9.59 Å². The second-order valence-electron chi connectivity index (χ2n) is 14.1. The molecular weight excluding hydrogens is 693 g/mol. The maximum Gasteiger partial charge on any atom is 0.573 e. The minimum absolute atomic E-state index is 0.0671. The monoisotopic (exact) mass is 734 g/mol. The van der Waals surface area contributed by atoms with Gasteiger partial charge in [-0.25, -0.2) is 4.79 Å². The molecule has 0 aliphatic heterocycles. The number of hydrogen-bond acceptors (Lipinski definition) is 5. The van der Waals surface area contributed by atoms with Gasteiger partial charge in [0, 0.05) is 34.0 Å². The van der Waals surface area contributed by atoms with Crippen molar-refractivity contribution in [1.82, 2.24) is 4.57 Å². The average Bonchev–Trinajstić information content (AvgIpc) is 3.37. The SMILES string of the molecule is CC(C)(C)C(=O)Cl.CCOC(=O)c1c(-c2ccccc2)c2ccc(-c3cccc(NC(=O)C(C)(C)C)c3)cc2n1Cc1cccc(OC(F)(F)F)c1. The number of benzene rings is 4. The first-order valence-corrected chi connectivity index (χ1v) is 17.0. The lowest BCUT2D eigenvalue weighted by atomic mass is 9.95. The molecule has 0 bridgehead atoms. The zero-order valence-corrected chi connectivity index (χ0v) is 30.9. The summed E-state index contributed by atoms with van der Waals surface area (Å²) in [6.45, 7) is 12.8. The minimum Gasteiger partial charge on any atom is -0.461 e. The van der Waals surface area contributed by atoms with Crippen LogP contribution in [0.15, 0.2) is 97.1 Å². The van der Waals surface area contributed by atoms with Crippen LogP contribution in [-0.4, -0.2) is 34.7 Å². The van der Waals surface area contributed by atoms with Crippen molar-refractivity contribution in [2.24, 2.45) is 10.8 Å². The number of nitrogens with zero attached hydrogens (tertiary/aromatic N) is 1. The molecule has 1 amide bonds. The molecule has 0 saturated heterocycles. The van der Waals surface area contributed by atoms with Crippen LogP contribution in [0.5, 0.6) is 5.75 Å². The molecule has 4 aromatic carbocycles. The molecular formula is C41H42ClF3N2O5. The second kappa shape index (κ2) is 16.1. The summed E-state index contributed by atoms with van der Waals surface area (Å²) in [5, 5.41) is 3.45. The van der Waals surface area contributed by atoms with Crippen molar-refractivity contribution in [3.8, 4) is 28.0 Å². The number of amides is 1. The van der Waals surface area contributed by atoms with Gasteiger partial charge in [-0.05, 0) is 71.1 Å². The molecule has 5 rings (SSSR count). The summed E-state index contributed by atoms with van der Waals surface area (Å²) in [7, 11) is 0. The van der Waals surface area contributed by atoms with E-state index in [1.54, 1.807) is 38.3 Å². The van der Waals surface area contributed by atoms with E-state index < -0.39 is 17.7 Å². The number of nitrogens with one attached hydrogen (secondary N) is 1. The highest BCUT2D eigenvalue weighted by atomic mass is 35.5. The van der Waals surface area contributed by atoms with Gasteiger partial charge in [-0.1, -0.05) is 108 Å². The molecule has 7 nitrogen and oxygen atoms in total. The topological polar surface area (TPSA) is 86.6 Å². The van der Waals surface area contributed by atoms with Crippen LogP contribution in [0.4, 0.5) is 18.9 Å². The largest absolute Gasteiger partial charge is 0.573 e. The summed E-state index contributed by atoms with van der Waals surface area (Å²) in [6, 6.07) is 28.4. The van der Waals surface area contributed by atoms with Crippen molar-refractivity contribution in [2.45, 2.75) is 61.4 Å². The zero-order chi connectivity index (χ0) is 38.4. The molecule has 1 N–H and O–H groups in total. The summed E-state index contributed by atoms with van der Waals surface area (Å²) in [4.78, 5) is 36.5. The van der Waals surface area contributed by atoms with E-state index in [4.69, 9.17) is 16.3 Å². The van der Waals surface area contributed by atoms with Crippen LogP contribution in [0.25, 0.3) is 33.2 Å². The van der Waals surface area contributed by atoms with Gasteiger partial charge in [0.05, 0.1) is 12.1 Å². The maximum absolute atomic E-state index is 13.6. The fraction of sp³-hybridized carbons (Fsp3) is 0.293. The summed E-state index contributed by atoms with van der Waals surface area (Å²) in [5.74, 6) is -1.02. The molecule has 0 aliphatic rings. The molecule has 0 fully saturated rings. The average molecular weight is 735 g/mol. The quantitative estimate of drug-likeness (QED) is 0.127. The number of hydrogen-bond donors (Lipinski definition) is 1. The number of esters is 1. The standard InChI is InChI=1S/C36H33F3N2O4.C5H9ClO/c1-5-44-33(42)32-31(24-12-7-6-8-13-24)29-18-17-26(25-14-10-15-27(20-25)40-34(43)35(2,3)4)21-30(29)41(32)22-23-11-9-16-28(19-23)45-36(37,38)39;1-5(2,3)4(6)7/h6-21H,5,22H2,1-4H3,(H,40,43);1-3H3. The van der Waals surface area contributed by atoms with E-state index in [1.807, 2.05) is 93.6 Å². The van der Waals surface area contributed by atoms with Gasteiger partial charge in [0.25, 0.3) is 0 Å². The van der Waals surface area contributed by atoms with E-state index in [9.17, 15) is 27.6 Å². The fourth-order valence-electron chi connectivity index (χ4n) is 5.12. The van der Waals surface area contributed by atoms with Crippen LogP contribution in [-0.2, 0) is 20.9 Å². The lowest BCUT2D eigenvalue weighted by molar-refractivity contribution is -0.274. The van der Waals surface area contributed by atoms with Crippen molar-refractivity contribution < 1.29 is 37.0 Å². The van der Waals surface area contributed by atoms with Crippen LogP contribution in [0.1, 0.15) is 64.5 Å². The summed E-state index contributed by atoms with van der Waals surface area (Å²) in [6.07, 6.45) is -4.84. The number of carbonyl (C=O) groups is 3. The van der Waals surface area contributed by atoms with Crippen molar-refractivity contribution in [3.63, 3.8) is 0 Å². The van der Waals surface area contributed by atoms with E-state index >= 15 is 0 Å². The van der Waals surface area contributed by atoms with E-state index in [2.05, 4.69) is 10.1 Å². The fourth-order valence-corrected chi connectivity index (χ4v) is 5.12. The number of fused-ring (bicyclic) bond motifs is 1. The number of halogens is 4. The molecule has 0 saturated carbocycles. The predicted molar refractivity (Wildman–Crippen MR) is 199 cm³/mol. The Labute approximate surface area is 306 Å². The molecule has 0 atom stereocenters. The van der Waals surface area contributed by atoms with Crippen molar-refractivity contribution in [3.05, 3.63) is 108 Å². The molecule has 0 radical (unpaired) electrons. The molecule has 52 heavy (non-hydrogen) atoms. The number of ether oxygens (including phenoxy) is 2.